The Hall–Kier alpha value is -1.70. The predicted molar refractivity (Wildman–Crippen MR) is 58.4 cm³/mol. The van der Waals surface area contributed by atoms with Gasteiger partial charge in [0.05, 0.1) is 25.1 Å². The third kappa shape index (κ3) is 4.47. The molecule has 0 atom stereocenters. The van der Waals surface area contributed by atoms with Gasteiger partial charge in [-0.1, -0.05) is 0 Å². The fraction of sp³-hybridized carbons (Fsp3) is 0.400. The smallest absolute Gasteiger partial charge is 0.481 e. The molecule has 0 aliphatic carbocycles. The summed E-state index contributed by atoms with van der Waals surface area (Å²) in [6.07, 6.45) is -5.65. The first-order valence-electron chi connectivity index (χ1n) is 4.87. The summed E-state index contributed by atoms with van der Waals surface area (Å²) < 4.78 is 45.3. The van der Waals surface area contributed by atoms with Crippen LogP contribution in [0.15, 0.2) is 6.07 Å². The first kappa shape index (κ1) is 15.4. The van der Waals surface area contributed by atoms with Crippen LogP contribution in [0, 0.1) is 0 Å². The Morgan fingerprint density at radius 3 is 2.58 bits per heavy atom. The number of hydrogen-bond acceptors (Lipinski definition) is 4. The number of ether oxygens (including phenoxy) is 2. The highest BCUT2D eigenvalue weighted by atomic mass is 35.5. The van der Waals surface area contributed by atoms with E-state index in [1.807, 2.05) is 0 Å². The lowest BCUT2D eigenvalue weighted by Crippen LogP contribution is -2.20. The first-order chi connectivity index (χ1) is 8.76. The van der Waals surface area contributed by atoms with Crippen LogP contribution in [0.4, 0.5) is 13.2 Å². The van der Waals surface area contributed by atoms with Crippen LogP contribution in [0.5, 0.6) is 11.6 Å². The minimum Gasteiger partial charge on any atom is -0.481 e. The van der Waals surface area contributed by atoms with Crippen LogP contribution in [0.2, 0.25) is 0 Å². The van der Waals surface area contributed by atoms with Crippen molar-refractivity contribution in [2.45, 2.75) is 18.7 Å². The van der Waals surface area contributed by atoms with Crippen LogP contribution in [0.25, 0.3) is 0 Å². The van der Waals surface area contributed by atoms with E-state index in [1.165, 1.54) is 7.11 Å². The largest absolute Gasteiger partial charge is 0.573 e. The third-order valence-corrected chi connectivity index (χ3v) is 2.29. The molecule has 1 rings (SSSR count). The molecule has 19 heavy (non-hydrogen) atoms. The van der Waals surface area contributed by atoms with E-state index in [0.29, 0.717) is 0 Å². The number of halogens is 4. The van der Waals surface area contributed by atoms with E-state index in [4.69, 9.17) is 21.4 Å². The molecule has 0 unspecified atom stereocenters. The molecule has 5 nitrogen and oxygen atoms in total. The second kappa shape index (κ2) is 5.96. The molecule has 0 aliphatic rings. The Kier molecular flexibility index (Phi) is 4.82. The minimum absolute atomic E-state index is 0.0392. The Balaban J connectivity index is 3.32. The van der Waals surface area contributed by atoms with Crippen LogP contribution in [0.3, 0.4) is 0 Å². The van der Waals surface area contributed by atoms with Gasteiger partial charge in [-0.2, -0.15) is 0 Å². The Morgan fingerprint density at radius 2 is 2.16 bits per heavy atom. The summed E-state index contributed by atoms with van der Waals surface area (Å²) in [5, 5.41) is 8.70. The van der Waals surface area contributed by atoms with Crippen molar-refractivity contribution in [1.29, 1.82) is 0 Å². The van der Waals surface area contributed by atoms with Crippen LogP contribution < -0.4 is 9.47 Å². The molecular weight excluding hydrogens is 291 g/mol. The number of alkyl halides is 4. The summed E-state index contributed by atoms with van der Waals surface area (Å²) in [5.74, 6) is -2.43. The Labute approximate surface area is 110 Å². The molecule has 1 aromatic rings. The van der Waals surface area contributed by atoms with E-state index in [9.17, 15) is 18.0 Å². The van der Waals surface area contributed by atoms with Crippen LogP contribution in [-0.2, 0) is 17.1 Å². The van der Waals surface area contributed by atoms with Crippen molar-refractivity contribution in [3.8, 4) is 11.6 Å². The van der Waals surface area contributed by atoms with Crippen LogP contribution in [-0.4, -0.2) is 29.5 Å². The third-order valence-electron chi connectivity index (χ3n) is 2.03. The van der Waals surface area contributed by atoms with E-state index in [-0.39, 0.29) is 23.0 Å². The van der Waals surface area contributed by atoms with Crippen molar-refractivity contribution in [1.82, 2.24) is 4.98 Å². The van der Waals surface area contributed by atoms with Gasteiger partial charge in [-0.15, -0.1) is 24.8 Å². The number of pyridine rings is 1. The number of carboxylic acid groups (broad SMARTS) is 1. The standard InChI is InChI=1S/C10H9ClF3NO4/c1-18-8-3-7(19-10(12,13)14)5(2-9(16)17)6(4-11)15-8/h3H,2,4H2,1H3,(H,16,17). The molecule has 0 aromatic carbocycles. The summed E-state index contributed by atoms with van der Waals surface area (Å²) in [5.41, 5.74) is -0.275. The maximum Gasteiger partial charge on any atom is 0.573 e. The molecule has 0 fully saturated rings. The van der Waals surface area contributed by atoms with Crippen molar-refractivity contribution in [2.75, 3.05) is 7.11 Å². The second-order valence-electron chi connectivity index (χ2n) is 3.34. The van der Waals surface area contributed by atoms with E-state index in [0.717, 1.165) is 6.07 Å². The summed E-state index contributed by atoms with van der Waals surface area (Å²) in [7, 11) is 1.20. The lowest BCUT2D eigenvalue weighted by atomic mass is 10.1. The highest BCUT2D eigenvalue weighted by molar-refractivity contribution is 6.17. The van der Waals surface area contributed by atoms with Gasteiger partial charge in [0, 0.05) is 11.6 Å². The number of aliphatic carboxylic acids is 1. The summed E-state index contributed by atoms with van der Waals surface area (Å²) >= 11 is 5.54. The lowest BCUT2D eigenvalue weighted by molar-refractivity contribution is -0.275. The number of carbonyl (C=O) groups is 1. The van der Waals surface area contributed by atoms with Gasteiger partial charge in [-0.05, 0) is 0 Å². The molecule has 0 radical (unpaired) electrons. The van der Waals surface area contributed by atoms with Crippen molar-refractivity contribution in [2.24, 2.45) is 0 Å². The van der Waals surface area contributed by atoms with Crippen LogP contribution >= 0.6 is 11.6 Å². The lowest BCUT2D eigenvalue weighted by Gasteiger charge is -2.15. The Morgan fingerprint density at radius 1 is 1.53 bits per heavy atom. The second-order valence-corrected chi connectivity index (χ2v) is 3.61. The van der Waals surface area contributed by atoms with Gasteiger partial charge in [-0.25, -0.2) is 4.98 Å². The molecule has 0 saturated carbocycles. The fourth-order valence-electron chi connectivity index (χ4n) is 1.35. The van der Waals surface area contributed by atoms with Gasteiger partial charge >= 0.3 is 12.3 Å². The molecule has 106 valence electrons. The Bertz CT molecular complexity index is 479. The number of carboxylic acids is 1. The monoisotopic (exact) mass is 299 g/mol. The zero-order valence-corrected chi connectivity index (χ0v) is 10.4. The predicted octanol–water partition coefficient (Wildman–Crippen LogP) is 2.35. The van der Waals surface area contributed by atoms with E-state index >= 15 is 0 Å². The molecule has 0 spiro atoms. The molecule has 1 heterocycles. The van der Waals surface area contributed by atoms with E-state index in [1.54, 1.807) is 0 Å². The van der Waals surface area contributed by atoms with Crippen LogP contribution in [0.1, 0.15) is 11.3 Å². The van der Waals surface area contributed by atoms with Crippen molar-refractivity contribution < 1.29 is 32.5 Å². The number of rotatable bonds is 5. The minimum atomic E-state index is -4.96. The zero-order valence-electron chi connectivity index (χ0n) is 9.62. The number of aromatic nitrogens is 1. The molecule has 0 amide bonds. The highest BCUT2D eigenvalue weighted by Gasteiger charge is 2.33. The number of methoxy groups -OCH3 is 1. The van der Waals surface area contributed by atoms with E-state index < -0.39 is 24.5 Å². The van der Waals surface area contributed by atoms with Crippen molar-refractivity contribution in [3.63, 3.8) is 0 Å². The molecule has 0 bridgehead atoms. The van der Waals surface area contributed by atoms with E-state index in [2.05, 4.69) is 9.72 Å². The molecule has 1 aromatic heterocycles. The van der Waals surface area contributed by atoms with Crippen molar-refractivity contribution >= 4 is 17.6 Å². The highest BCUT2D eigenvalue weighted by Crippen LogP contribution is 2.32. The normalized spacial score (nSPS) is 11.2. The van der Waals surface area contributed by atoms with Gasteiger partial charge in [0.2, 0.25) is 5.88 Å². The first-order valence-corrected chi connectivity index (χ1v) is 5.40. The fourth-order valence-corrected chi connectivity index (χ4v) is 1.57. The van der Waals surface area contributed by atoms with Gasteiger partial charge in [0.15, 0.2) is 0 Å². The van der Waals surface area contributed by atoms with Gasteiger partial charge in [0.1, 0.15) is 5.75 Å². The number of hydrogen-bond donors (Lipinski definition) is 1. The zero-order chi connectivity index (χ0) is 14.6. The van der Waals surface area contributed by atoms with Crippen molar-refractivity contribution in [3.05, 3.63) is 17.3 Å². The van der Waals surface area contributed by atoms with Gasteiger partial charge in [0.25, 0.3) is 0 Å². The molecule has 0 saturated heterocycles. The SMILES string of the molecule is COc1cc(OC(F)(F)F)c(CC(=O)O)c(CCl)n1. The maximum atomic E-state index is 12.3. The molecule has 9 heteroatoms. The molecule has 1 N–H and O–H groups in total. The molecular formula is C10H9ClF3NO4. The van der Waals surface area contributed by atoms with Gasteiger partial charge in [-0.3, -0.25) is 4.79 Å². The summed E-state index contributed by atoms with van der Waals surface area (Å²) in [6.45, 7) is 0. The maximum absolute atomic E-state index is 12.3. The topological polar surface area (TPSA) is 68.7 Å². The quantitative estimate of drug-likeness (QED) is 0.845. The summed E-state index contributed by atoms with van der Waals surface area (Å²) in [6, 6.07) is 0.863. The summed E-state index contributed by atoms with van der Waals surface area (Å²) in [4.78, 5) is 14.5. The molecule has 0 aliphatic heterocycles. The number of nitrogens with zero attached hydrogens (tertiary/aromatic N) is 1. The van der Waals surface area contributed by atoms with Gasteiger partial charge < -0.3 is 14.6 Å². The average Bonchev–Trinajstić information content (AvgIpc) is 2.28. The average molecular weight is 300 g/mol.